The van der Waals surface area contributed by atoms with Crippen molar-refractivity contribution < 1.29 is 32.9 Å². The highest BCUT2D eigenvalue weighted by Crippen LogP contribution is 2.42. The number of carbonyl (C=O) groups is 1. The van der Waals surface area contributed by atoms with Crippen LogP contribution in [-0.2, 0) is 30.7 Å². The maximum Gasteiger partial charge on any atom is 0.357 e. The number of aromatic nitrogens is 3. The van der Waals surface area contributed by atoms with Crippen LogP contribution in [0, 0.1) is 18.6 Å². The predicted molar refractivity (Wildman–Crippen MR) is 188 cm³/mol. The highest BCUT2D eigenvalue weighted by Gasteiger charge is 2.29. The quantitative estimate of drug-likeness (QED) is 0.0776. The summed E-state index contributed by atoms with van der Waals surface area (Å²) in [6, 6.07) is 19.6. The summed E-state index contributed by atoms with van der Waals surface area (Å²) in [6.07, 6.45) is 0.394. The molecule has 0 aliphatic heterocycles. The normalized spacial score (nSPS) is 11.4. The Balaban J connectivity index is 1.29. The van der Waals surface area contributed by atoms with E-state index in [2.05, 4.69) is 5.10 Å². The molecule has 254 valence electrons. The number of methoxy groups -OCH3 is 2. The van der Waals surface area contributed by atoms with Crippen molar-refractivity contribution in [3.8, 4) is 22.6 Å². The minimum absolute atomic E-state index is 0.134. The van der Waals surface area contributed by atoms with Gasteiger partial charge in [0, 0.05) is 56.9 Å². The largest absolute Gasteiger partial charge is 0.497 e. The fourth-order valence-electron chi connectivity index (χ4n) is 6.03. The second-order valence-electron chi connectivity index (χ2n) is 11.4. The molecule has 8 nitrogen and oxygen atoms in total. The number of carbonyl (C=O) groups excluding carboxylic acids is 1. The van der Waals surface area contributed by atoms with Crippen molar-refractivity contribution in [1.82, 2.24) is 14.3 Å². The highest BCUT2D eigenvalue weighted by molar-refractivity contribution is 7.98. The molecule has 1 N–H and O–H groups in total. The van der Waals surface area contributed by atoms with Crippen molar-refractivity contribution in [2.24, 2.45) is 7.05 Å². The number of aliphatic hydroxyl groups is 1. The number of benzene rings is 4. The van der Waals surface area contributed by atoms with Crippen LogP contribution in [0.15, 0.2) is 71.6 Å². The molecule has 2 aromatic heterocycles. The molecule has 6 aromatic rings. The summed E-state index contributed by atoms with van der Waals surface area (Å²) in [5, 5.41) is 16.3. The van der Waals surface area contributed by atoms with Gasteiger partial charge in [-0.3, -0.25) is 4.68 Å². The van der Waals surface area contributed by atoms with Crippen LogP contribution < -0.4 is 9.47 Å². The van der Waals surface area contributed by atoms with Crippen LogP contribution in [-0.4, -0.2) is 46.2 Å². The third-order valence-corrected chi connectivity index (χ3v) is 9.87. The van der Waals surface area contributed by atoms with Gasteiger partial charge in [-0.05, 0) is 78.9 Å². The summed E-state index contributed by atoms with van der Waals surface area (Å²) >= 11 is 8.27. The molecule has 0 spiro atoms. The maximum absolute atomic E-state index is 16.3. The number of thioether (sulfide) groups is 1. The molecule has 0 radical (unpaired) electrons. The van der Waals surface area contributed by atoms with Crippen LogP contribution in [0.1, 0.15) is 33.9 Å². The van der Waals surface area contributed by atoms with Gasteiger partial charge < -0.3 is 23.9 Å². The number of nitrogens with zero attached hydrogens (tertiary/aromatic N) is 3. The van der Waals surface area contributed by atoms with Crippen molar-refractivity contribution in [3.05, 3.63) is 106 Å². The van der Waals surface area contributed by atoms with E-state index in [-0.39, 0.29) is 41.7 Å². The zero-order valence-electron chi connectivity index (χ0n) is 27.4. The zero-order valence-corrected chi connectivity index (χ0v) is 28.9. The monoisotopic (exact) mass is 705 g/mol. The SMILES string of the molecule is COC(=O)c1c(F)c2c(-c3c(CO)nn(C)c3C)c(Cl)ccc2n1CCCOc1cc(SCc2ccc(OC)cc2)cc2cc(F)ccc12. The van der Waals surface area contributed by atoms with E-state index in [1.54, 1.807) is 60.3 Å². The number of rotatable bonds is 12. The van der Waals surface area contributed by atoms with Crippen LogP contribution in [0.4, 0.5) is 8.78 Å². The Morgan fingerprint density at radius 1 is 1.02 bits per heavy atom. The van der Waals surface area contributed by atoms with E-state index < -0.39 is 11.8 Å². The molecule has 2 heterocycles. The fourth-order valence-corrected chi connectivity index (χ4v) is 7.21. The first-order valence-corrected chi connectivity index (χ1v) is 16.9. The summed E-state index contributed by atoms with van der Waals surface area (Å²) in [5.41, 5.74) is 3.16. The van der Waals surface area contributed by atoms with Crippen molar-refractivity contribution in [3.63, 3.8) is 0 Å². The second-order valence-corrected chi connectivity index (χ2v) is 12.9. The van der Waals surface area contributed by atoms with Crippen LogP contribution in [0.3, 0.4) is 0 Å². The minimum atomic E-state index is -0.836. The smallest absolute Gasteiger partial charge is 0.357 e. The number of hydrogen-bond acceptors (Lipinski definition) is 7. The maximum atomic E-state index is 16.3. The summed E-state index contributed by atoms with van der Waals surface area (Å²) in [6.45, 7) is 1.85. The number of fused-ring (bicyclic) bond motifs is 2. The molecule has 0 aliphatic rings. The molecular formula is C37H34ClF2N3O5S. The topological polar surface area (TPSA) is 87.7 Å². The van der Waals surface area contributed by atoms with E-state index in [4.69, 9.17) is 25.8 Å². The van der Waals surface area contributed by atoms with E-state index in [1.165, 1.54) is 19.2 Å². The van der Waals surface area contributed by atoms with Crippen molar-refractivity contribution in [1.29, 1.82) is 0 Å². The van der Waals surface area contributed by atoms with Gasteiger partial charge >= 0.3 is 5.97 Å². The van der Waals surface area contributed by atoms with E-state index in [0.717, 1.165) is 21.6 Å². The number of esters is 1. The molecule has 0 fully saturated rings. The molecule has 0 unspecified atom stereocenters. The number of aliphatic hydroxyl groups excluding tert-OH is 1. The Hall–Kier alpha value is -4.58. The number of ether oxygens (including phenoxy) is 3. The Kier molecular flexibility index (Phi) is 10.1. The highest BCUT2D eigenvalue weighted by atomic mass is 35.5. The Morgan fingerprint density at radius 3 is 2.51 bits per heavy atom. The van der Waals surface area contributed by atoms with Gasteiger partial charge in [-0.15, -0.1) is 11.8 Å². The molecule has 4 aromatic carbocycles. The second kappa shape index (κ2) is 14.5. The lowest BCUT2D eigenvalue weighted by Gasteiger charge is -2.14. The number of hydrogen-bond donors (Lipinski definition) is 1. The van der Waals surface area contributed by atoms with Gasteiger partial charge in [0.25, 0.3) is 0 Å². The average Bonchev–Trinajstić information content (AvgIpc) is 3.55. The van der Waals surface area contributed by atoms with Gasteiger partial charge in [0.15, 0.2) is 11.5 Å². The van der Waals surface area contributed by atoms with E-state index >= 15 is 4.39 Å². The van der Waals surface area contributed by atoms with Crippen molar-refractivity contribution in [2.75, 3.05) is 20.8 Å². The molecule has 0 amide bonds. The molecule has 0 aliphatic carbocycles. The van der Waals surface area contributed by atoms with Gasteiger partial charge in [0.05, 0.1) is 38.6 Å². The first-order valence-electron chi connectivity index (χ1n) is 15.5. The predicted octanol–water partition coefficient (Wildman–Crippen LogP) is 8.48. The van der Waals surface area contributed by atoms with Crippen LogP contribution in [0.25, 0.3) is 32.8 Å². The summed E-state index contributed by atoms with van der Waals surface area (Å²) in [7, 11) is 4.55. The molecule has 0 atom stereocenters. The van der Waals surface area contributed by atoms with Gasteiger partial charge in [-0.1, -0.05) is 23.7 Å². The first kappa shape index (κ1) is 34.3. The average molecular weight is 706 g/mol. The Morgan fingerprint density at radius 2 is 1.80 bits per heavy atom. The Labute approximate surface area is 291 Å². The molecule has 0 saturated carbocycles. The summed E-state index contributed by atoms with van der Waals surface area (Å²) in [4.78, 5) is 13.9. The zero-order chi connectivity index (χ0) is 34.8. The molecular weight excluding hydrogens is 672 g/mol. The molecule has 49 heavy (non-hydrogen) atoms. The number of halogens is 3. The summed E-state index contributed by atoms with van der Waals surface area (Å²) in [5.74, 6) is 0.100. The van der Waals surface area contributed by atoms with Gasteiger partial charge in [-0.25, -0.2) is 13.6 Å². The van der Waals surface area contributed by atoms with Gasteiger partial charge in [-0.2, -0.15) is 5.10 Å². The lowest BCUT2D eigenvalue weighted by molar-refractivity contribution is 0.0583. The lowest BCUT2D eigenvalue weighted by atomic mass is 9.99. The third kappa shape index (κ3) is 6.70. The fraction of sp³-hybridized carbons (Fsp3) is 0.243. The molecule has 0 saturated heterocycles. The Bertz CT molecular complexity index is 2180. The minimum Gasteiger partial charge on any atom is -0.497 e. The third-order valence-electron chi connectivity index (χ3n) is 8.50. The van der Waals surface area contributed by atoms with Crippen molar-refractivity contribution in [2.45, 2.75) is 37.1 Å². The van der Waals surface area contributed by atoms with E-state index in [1.807, 2.05) is 36.4 Å². The molecule has 12 heteroatoms. The molecule has 6 rings (SSSR count). The van der Waals surface area contributed by atoms with Crippen LogP contribution >= 0.6 is 23.4 Å². The molecule has 0 bridgehead atoms. The van der Waals surface area contributed by atoms with Crippen molar-refractivity contribution >= 4 is 51.0 Å². The summed E-state index contributed by atoms with van der Waals surface area (Å²) < 4.78 is 50.3. The standard InChI is InChI=1S/C37H34ClF2N3O5S/c1-21-32(29(19-44)41-42(21)2)33-28(38)12-13-30-34(33)35(40)36(37(45)47-4)43(30)14-5-15-48-31-18-26(17-23-16-24(39)8-11-27(23)31)49-20-22-6-9-25(46-3)10-7-22/h6-13,16-18,44H,5,14-15,19-20H2,1-4H3. The van der Waals surface area contributed by atoms with Gasteiger partial charge in [0.1, 0.15) is 17.3 Å². The van der Waals surface area contributed by atoms with E-state index in [0.29, 0.717) is 51.3 Å². The number of aryl methyl sites for hydroxylation is 2. The first-order chi connectivity index (χ1) is 23.6. The van der Waals surface area contributed by atoms with Gasteiger partial charge in [0.2, 0.25) is 0 Å². The van der Waals surface area contributed by atoms with E-state index in [9.17, 15) is 14.3 Å². The van der Waals surface area contributed by atoms with Crippen LogP contribution in [0.2, 0.25) is 5.02 Å². The van der Waals surface area contributed by atoms with Crippen LogP contribution in [0.5, 0.6) is 11.5 Å². The lowest BCUT2D eigenvalue weighted by Crippen LogP contribution is -2.14.